The van der Waals surface area contributed by atoms with Gasteiger partial charge < -0.3 is 24.3 Å². The number of hydrogen-bond acceptors (Lipinski definition) is 8. The molecule has 1 aromatic rings. The number of aromatic nitrogens is 2. The zero-order valence-electron chi connectivity index (χ0n) is 39.2. The predicted octanol–water partition coefficient (Wildman–Crippen LogP) is 12.4. The normalized spacial score (nSPS) is 14.3. The van der Waals surface area contributed by atoms with Gasteiger partial charge in [0, 0.05) is 38.1 Å². The van der Waals surface area contributed by atoms with Gasteiger partial charge >= 0.3 is 11.9 Å². The molecule has 9 heteroatoms. The van der Waals surface area contributed by atoms with Crippen molar-refractivity contribution >= 4 is 11.9 Å². The Labute approximate surface area is 363 Å². The lowest BCUT2D eigenvalue weighted by molar-refractivity contribution is -0.150. The average Bonchev–Trinajstić information content (AvgIpc) is 3.74. The highest BCUT2D eigenvalue weighted by Gasteiger charge is 2.23. The van der Waals surface area contributed by atoms with Crippen LogP contribution in [-0.4, -0.2) is 81.2 Å². The van der Waals surface area contributed by atoms with Crippen molar-refractivity contribution in [1.82, 2.24) is 14.5 Å². The number of unbranched alkanes of at least 4 members (excludes halogenated alkanes) is 18. The Hall–Kier alpha value is -1.97. The van der Waals surface area contributed by atoms with E-state index in [1.807, 2.05) is 10.8 Å². The van der Waals surface area contributed by atoms with Gasteiger partial charge in [0.05, 0.1) is 43.6 Å². The van der Waals surface area contributed by atoms with Gasteiger partial charge in [0.1, 0.15) is 0 Å². The standard InChI is InChI=1S/C50H95N3O6/c1-6-10-14-18-20-24-32-45(30-22-16-12-8-3)49(56)58-38-28-26-34-47(54)41-53(44(5)40-52-37-36-51-43-52)42-48(55)35-27-29-39-59-50(57)46(31-23-17-13-9-4)33-25-21-19-15-11-7-2/h36-37,43-48,54-55H,6-35,38-42H2,1-5H3. The van der Waals surface area contributed by atoms with Crippen LogP contribution in [0.2, 0.25) is 0 Å². The predicted molar refractivity (Wildman–Crippen MR) is 245 cm³/mol. The molecule has 0 aliphatic heterocycles. The van der Waals surface area contributed by atoms with Crippen LogP contribution in [0.15, 0.2) is 18.7 Å². The lowest BCUT2D eigenvalue weighted by Gasteiger charge is -2.33. The van der Waals surface area contributed by atoms with E-state index in [9.17, 15) is 19.8 Å². The summed E-state index contributed by atoms with van der Waals surface area (Å²) in [5.74, 6) is -0.0546. The summed E-state index contributed by atoms with van der Waals surface area (Å²) in [7, 11) is 0. The number of esters is 2. The van der Waals surface area contributed by atoms with E-state index in [1.165, 1.54) is 103 Å². The van der Waals surface area contributed by atoms with Gasteiger partial charge in [0.25, 0.3) is 0 Å². The monoisotopic (exact) mass is 834 g/mol. The zero-order valence-corrected chi connectivity index (χ0v) is 39.2. The number of hydrogen-bond donors (Lipinski definition) is 2. The first-order valence-corrected chi connectivity index (χ1v) is 25.1. The molecule has 0 aromatic carbocycles. The van der Waals surface area contributed by atoms with Crippen LogP contribution in [0.4, 0.5) is 0 Å². The number of imidazole rings is 1. The van der Waals surface area contributed by atoms with Crippen molar-refractivity contribution < 1.29 is 29.3 Å². The molecule has 0 saturated heterocycles. The van der Waals surface area contributed by atoms with Gasteiger partial charge in [-0.25, -0.2) is 4.98 Å². The summed E-state index contributed by atoms with van der Waals surface area (Å²) in [5, 5.41) is 22.3. The smallest absolute Gasteiger partial charge is 0.308 e. The summed E-state index contributed by atoms with van der Waals surface area (Å²) < 4.78 is 13.6. The first-order chi connectivity index (χ1) is 28.7. The Balaban J connectivity index is 2.55. The Bertz CT molecular complexity index is 1010. The molecular formula is C50H95N3O6. The molecule has 1 rings (SSSR count). The van der Waals surface area contributed by atoms with Crippen molar-refractivity contribution in [1.29, 1.82) is 0 Å². The first-order valence-electron chi connectivity index (χ1n) is 25.1. The van der Waals surface area contributed by atoms with Crippen molar-refractivity contribution in [2.45, 2.75) is 252 Å². The number of rotatable bonds is 43. The Morgan fingerprint density at radius 1 is 0.542 bits per heavy atom. The van der Waals surface area contributed by atoms with Gasteiger partial charge in [-0.15, -0.1) is 0 Å². The maximum atomic E-state index is 13.1. The van der Waals surface area contributed by atoms with E-state index < -0.39 is 12.2 Å². The first kappa shape index (κ1) is 55.0. The van der Waals surface area contributed by atoms with Gasteiger partial charge in [0.2, 0.25) is 0 Å². The van der Waals surface area contributed by atoms with E-state index in [-0.39, 0.29) is 29.8 Å². The molecule has 1 aromatic heterocycles. The van der Waals surface area contributed by atoms with E-state index in [2.05, 4.69) is 44.5 Å². The second-order valence-electron chi connectivity index (χ2n) is 17.9. The molecule has 0 radical (unpaired) electrons. The van der Waals surface area contributed by atoms with Crippen LogP contribution in [0, 0.1) is 11.8 Å². The molecule has 1 heterocycles. The highest BCUT2D eigenvalue weighted by Crippen LogP contribution is 2.23. The molecule has 346 valence electrons. The summed E-state index contributed by atoms with van der Waals surface area (Å²) in [6.07, 6.45) is 36.5. The number of nitrogens with zero attached hydrogens (tertiary/aromatic N) is 3. The van der Waals surface area contributed by atoms with Crippen molar-refractivity contribution in [3.05, 3.63) is 18.7 Å². The van der Waals surface area contributed by atoms with Crippen LogP contribution in [0.25, 0.3) is 0 Å². The molecule has 2 N–H and O–H groups in total. The lowest BCUT2D eigenvalue weighted by atomic mass is 9.94. The number of ether oxygens (including phenoxy) is 2. The topological polar surface area (TPSA) is 114 Å². The molecule has 59 heavy (non-hydrogen) atoms. The third kappa shape index (κ3) is 30.7. The molecule has 0 aliphatic rings. The minimum atomic E-state index is -0.548. The van der Waals surface area contributed by atoms with Gasteiger partial charge in [0.15, 0.2) is 0 Å². The Morgan fingerprint density at radius 3 is 1.27 bits per heavy atom. The van der Waals surface area contributed by atoms with E-state index in [0.29, 0.717) is 45.7 Å². The molecule has 0 spiro atoms. The minimum absolute atomic E-state index is 0.00721. The number of carbonyl (C=O) groups is 2. The van der Waals surface area contributed by atoms with E-state index >= 15 is 0 Å². The second-order valence-corrected chi connectivity index (χ2v) is 17.9. The van der Waals surface area contributed by atoms with Crippen molar-refractivity contribution in [2.24, 2.45) is 11.8 Å². The average molecular weight is 834 g/mol. The van der Waals surface area contributed by atoms with E-state index in [0.717, 1.165) is 77.0 Å². The summed E-state index contributed by atoms with van der Waals surface area (Å²) in [6.45, 7) is 13.5. The molecule has 0 fully saturated rings. The fourth-order valence-electron chi connectivity index (χ4n) is 8.26. The molecule has 0 aliphatic carbocycles. The fourth-order valence-corrected chi connectivity index (χ4v) is 8.26. The quantitative estimate of drug-likeness (QED) is 0.0494. The van der Waals surface area contributed by atoms with Gasteiger partial charge in [-0.1, -0.05) is 156 Å². The van der Waals surface area contributed by atoms with Crippen molar-refractivity contribution in [3.63, 3.8) is 0 Å². The van der Waals surface area contributed by atoms with Crippen LogP contribution in [-0.2, 0) is 25.6 Å². The van der Waals surface area contributed by atoms with Gasteiger partial charge in [-0.05, 0) is 71.1 Å². The number of aliphatic hydroxyl groups excluding tert-OH is 2. The van der Waals surface area contributed by atoms with Crippen LogP contribution in [0.5, 0.6) is 0 Å². The van der Waals surface area contributed by atoms with E-state index in [4.69, 9.17) is 9.47 Å². The largest absolute Gasteiger partial charge is 0.465 e. The van der Waals surface area contributed by atoms with Crippen LogP contribution < -0.4 is 0 Å². The van der Waals surface area contributed by atoms with E-state index in [1.54, 1.807) is 12.5 Å². The maximum Gasteiger partial charge on any atom is 0.308 e. The maximum absolute atomic E-state index is 13.1. The molecule has 5 atom stereocenters. The van der Waals surface area contributed by atoms with Crippen LogP contribution >= 0.6 is 0 Å². The number of aliphatic hydroxyl groups is 2. The molecule has 0 bridgehead atoms. The molecule has 0 saturated carbocycles. The fraction of sp³-hybridized carbons (Fsp3) is 0.900. The SMILES string of the molecule is CCCCCCCCC(CCCCCC)C(=O)OCCCCC(O)CN(CC(O)CCCCOC(=O)C(CCCCCC)CCCCCCCC)C(C)Cn1ccnc1. The summed E-state index contributed by atoms with van der Waals surface area (Å²) in [6, 6.07) is 0.0808. The lowest BCUT2D eigenvalue weighted by Crippen LogP contribution is -2.45. The van der Waals surface area contributed by atoms with Gasteiger partial charge in [-0.2, -0.15) is 0 Å². The van der Waals surface area contributed by atoms with Crippen LogP contribution in [0.3, 0.4) is 0 Å². The Morgan fingerprint density at radius 2 is 0.898 bits per heavy atom. The highest BCUT2D eigenvalue weighted by atomic mass is 16.5. The third-order valence-corrected chi connectivity index (χ3v) is 12.2. The summed E-state index contributed by atoms with van der Waals surface area (Å²) in [4.78, 5) is 32.5. The molecular weight excluding hydrogens is 739 g/mol. The van der Waals surface area contributed by atoms with Crippen LogP contribution in [0.1, 0.15) is 227 Å². The van der Waals surface area contributed by atoms with Gasteiger partial charge in [-0.3, -0.25) is 14.5 Å². The summed E-state index contributed by atoms with van der Waals surface area (Å²) in [5.41, 5.74) is 0. The Kier molecular flexibility index (Phi) is 36.3. The molecule has 5 unspecified atom stereocenters. The minimum Gasteiger partial charge on any atom is -0.465 e. The zero-order chi connectivity index (χ0) is 43.2. The highest BCUT2D eigenvalue weighted by molar-refractivity contribution is 5.72. The molecule has 0 amide bonds. The van der Waals surface area contributed by atoms with Crippen molar-refractivity contribution in [2.75, 3.05) is 26.3 Å². The summed E-state index contributed by atoms with van der Waals surface area (Å²) >= 11 is 0. The molecule has 9 nitrogen and oxygen atoms in total. The second kappa shape index (κ2) is 38.9. The number of carbonyl (C=O) groups excluding carboxylic acids is 2. The third-order valence-electron chi connectivity index (χ3n) is 12.2. The van der Waals surface area contributed by atoms with Crippen molar-refractivity contribution in [3.8, 4) is 0 Å².